The van der Waals surface area contributed by atoms with Crippen molar-refractivity contribution in [1.29, 1.82) is 0 Å². The highest BCUT2D eigenvalue weighted by Gasteiger charge is 2.23. The molecule has 1 heterocycles. The van der Waals surface area contributed by atoms with Gasteiger partial charge in [-0.3, -0.25) is 14.5 Å². The molecule has 0 radical (unpaired) electrons. The molecule has 10 heteroatoms. The average molecular weight is 459 g/mol. The summed E-state index contributed by atoms with van der Waals surface area (Å²) in [6.45, 7) is 8.09. The molecule has 0 atom stereocenters. The van der Waals surface area contributed by atoms with Crippen molar-refractivity contribution < 1.29 is 18.0 Å². The van der Waals surface area contributed by atoms with Crippen LogP contribution in [0.3, 0.4) is 0 Å². The smallest absolute Gasteiger partial charge is 0.237 e. The highest BCUT2D eigenvalue weighted by Crippen LogP contribution is 2.27. The number of halogens is 1. The van der Waals surface area contributed by atoms with Gasteiger partial charge in [0, 0.05) is 50.7 Å². The van der Waals surface area contributed by atoms with E-state index in [-0.39, 0.29) is 30.9 Å². The van der Waals surface area contributed by atoms with Crippen molar-refractivity contribution in [2.45, 2.75) is 39.8 Å². The average Bonchev–Trinajstić information content (AvgIpc) is 2.67. The zero-order valence-corrected chi connectivity index (χ0v) is 19.6. The molecular formula is C20H31ClN4O4S. The van der Waals surface area contributed by atoms with Gasteiger partial charge in [0.1, 0.15) is 0 Å². The Labute approximate surface area is 184 Å². The number of sulfonamides is 1. The number of fused-ring (bicyclic) bond motifs is 1. The molecule has 0 spiro atoms. The minimum atomic E-state index is -3.48. The summed E-state index contributed by atoms with van der Waals surface area (Å²) in [5, 5.41) is 0.510. The summed E-state index contributed by atoms with van der Waals surface area (Å²) in [6.07, 6.45) is 1.81. The van der Waals surface area contributed by atoms with Crippen LogP contribution in [0.2, 0.25) is 5.02 Å². The lowest BCUT2D eigenvalue weighted by atomic mass is 10.1. The predicted octanol–water partition coefficient (Wildman–Crippen LogP) is 1.68. The number of nitrogens with zero attached hydrogens (tertiary/aromatic N) is 3. The molecule has 30 heavy (non-hydrogen) atoms. The Morgan fingerprint density at radius 1 is 1.17 bits per heavy atom. The maximum Gasteiger partial charge on any atom is 0.237 e. The monoisotopic (exact) mass is 458 g/mol. The topological polar surface area (TPSA) is 90.0 Å². The van der Waals surface area contributed by atoms with Gasteiger partial charge in [-0.2, -0.15) is 0 Å². The maximum atomic E-state index is 12.8. The van der Waals surface area contributed by atoms with E-state index >= 15 is 0 Å². The minimum Gasteiger partial charge on any atom is -0.336 e. The van der Waals surface area contributed by atoms with E-state index in [2.05, 4.69) is 23.5 Å². The Kier molecular flexibility index (Phi) is 8.66. The first-order valence-corrected chi connectivity index (χ1v) is 12.3. The van der Waals surface area contributed by atoms with E-state index in [9.17, 15) is 18.0 Å². The van der Waals surface area contributed by atoms with E-state index in [1.807, 2.05) is 6.07 Å². The predicted molar refractivity (Wildman–Crippen MR) is 119 cm³/mol. The first-order valence-electron chi connectivity index (χ1n) is 10.0. The Bertz CT molecular complexity index is 876. The summed E-state index contributed by atoms with van der Waals surface area (Å²) >= 11 is 6.21. The number of hydrogen-bond donors (Lipinski definition) is 1. The van der Waals surface area contributed by atoms with Crippen LogP contribution in [0.25, 0.3) is 0 Å². The number of amides is 2. The van der Waals surface area contributed by atoms with E-state index in [0.717, 1.165) is 24.8 Å². The zero-order chi connectivity index (χ0) is 22.5. The summed E-state index contributed by atoms with van der Waals surface area (Å²) in [5.74, 6) is -0.413. The number of carbonyl (C=O) groups is 2. The molecule has 0 fully saturated rings. The molecule has 0 aromatic heterocycles. The van der Waals surface area contributed by atoms with Gasteiger partial charge in [-0.15, -0.1) is 0 Å². The van der Waals surface area contributed by atoms with Crippen molar-refractivity contribution in [1.82, 2.24) is 14.5 Å². The van der Waals surface area contributed by atoms with E-state index < -0.39 is 10.0 Å². The third-order valence-electron chi connectivity index (χ3n) is 5.13. The van der Waals surface area contributed by atoms with Gasteiger partial charge in [-0.05, 0) is 38.0 Å². The first kappa shape index (κ1) is 24.6. The second kappa shape index (κ2) is 10.6. The fraction of sp³-hybridized carbons (Fsp3) is 0.600. The van der Waals surface area contributed by atoms with Gasteiger partial charge in [-0.25, -0.2) is 13.1 Å². The lowest BCUT2D eigenvalue weighted by Gasteiger charge is -2.30. The van der Waals surface area contributed by atoms with Gasteiger partial charge < -0.3 is 9.80 Å². The Morgan fingerprint density at radius 3 is 2.47 bits per heavy atom. The second-order valence-electron chi connectivity index (χ2n) is 7.84. The molecule has 0 unspecified atom stereocenters. The summed E-state index contributed by atoms with van der Waals surface area (Å²) in [4.78, 5) is 30.8. The molecule has 1 aliphatic heterocycles. The molecule has 168 valence electrons. The fourth-order valence-corrected chi connectivity index (χ4v) is 4.03. The third-order valence-corrected chi connectivity index (χ3v) is 6.04. The van der Waals surface area contributed by atoms with Gasteiger partial charge in [0.15, 0.2) is 0 Å². The van der Waals surface area contributed by atoms with Crippen molar-refractivity contribution in [2.24, 2.45) is 0 Å². The van der Waals surface area contributed by atoms with Gasteiger partial charge in [0.05, 0.1) is 18.5 Å². The molecule has 8 nitrogen and oxygen atoms in total. The van der Waals surface area contributed by atoms with Crippen LogP contribution in [0.15, 0.2) is 18.2 Å². The second-order valence-corrected chi connectivity index (χ2v) is 10.1. The third kappa shape index (κ3) is 7.23. The molecule has 0 aliphatic carbocycles. The molecule has 0 bridgehead atoms. The summed E-state index contributed by atoms with van der Waals surface area (Å²) < 4.78 is 25.1. The first-order chi connectivity index (χ1) is 14.0. The number of benzene rings is 1. The molecule has 0 saturated carbocycles. The van der Waals surface area contributed by atoms with Crippen LogP contribution in [-0.4, -0.2) is 75.1 Å². The normalized spacial score (nSPS) is 16.9. The van der Waals surface area contributed by atoms with Crippen LogP contribution in [0, 0.1) is 0 Å². The molecule has 2 rings (SSSR count). The zero-order valence-electron chi connectivity index (χ0n) is 18.0. The highest BCUT2D eigenvalue weighted by atomic mass is 35.5. The summed E-state index contributed by atoms with van der Waals surface area (Å²) in [7, 11) is -3.48. The van der Waals surface area contributed by atoms with Crippen molar-refractivity contribution in [2.75, 3.05) is 43.9 Å². The molecule has 1 aromatic rings. The molecule has 2 amide bonds. The molecule has 1 aliphatic rings. The lowest BCUT2D eigenvalue weighted by Crippen LogP contribution is -2.44. The number of rotatable bonds is 4. The van der Waals surface area contributed by atoms with Crippen molar-refractivity contribution in [3.05, 3.63) is 28.8 Å². The van der Waals surface area contributed by atoms with Gasteiger partial charge in [-0.1, -0.05) is 17.7 Å². The lowest BCUT2D eigenvalue weighted by molar-refractivity contribution is -0.130. The van der Waals surface area contributed by atoms with Crippen LogP contribution in [-0.2, 0) is 26.2 Å². The molecular weight excluding hydrogens is 428 g/mol. The van der Waals surface area contributed by atoms with Gasteiger partial charge >= 0.3 is 0 Å². The summed E-state index contributed by atoms with van der Waals surface area (Å²) in [5.41, 5.74) is 1.47. The minimum absolute atomic E-state index is 0.0921. The molecule has 1 aromatic carbocycles. The van der Waals surface area contributed by atoms with E-state index in [4.69, 9.17) is 11.6 Å². The van der Waals surface area contributed by atoms with Crippen molar-refractivity contribution in [3.63, 3.8) is 0 Å². The van der Waals surface area contributed by atoms with Crippen LogP contribution < -0.4 is 9.62 Å². The number of carbonyl (C=O) groups excluding carboxylic acids is 2. The van der Waals surface area contributed by atoms with E-state index in [0.29, 0.717) is 30.3 Å². The Hall–Kier alpha value is -1.68. The van der Waals surface area contributed by atoms with Crippen LogP contribution in [0.1, 0.15) is 32.8 Å². The van der Waals surface area contributed by atoms with Crippen molar-refractivity contribution in [3.8, 4) is 0 Å². The van der Waals surface area contributed by atoms with Crippen LogP contribution in [0.5, 0.6) is 0 Å². The molecule has 0 saturated heterocycles. The number of nitrogens with one attached hydrogen (secondary N) is 1. The highest BCUT2D eigenvalue weighted by molar-refractivity contribution is 7.88. The van der Waals surface area contributed by atoms with Gasteiger partial charge in [0.2, 0.25) is 21.8 Å². The fourth-order valence-electron chi connectivity index (χ4n) is 3.48. The molecule has 1 N–H and O–H groups in total. The summed E-state index contributed by atoms with van der Waals surface area (Å²) in [6, 6.07) is 5.57. The SMILES string of the molecule is CC(=O)N1CCCN(C(C)C)CCN(C(=O)CNS(C)(=O)=O)Cc2ccc(Cl)cc21. The Morgan fingerprint density at radius 2 is 1.87 bits per heavy atom. The maximum absolute atomic E-state index is 12.8. The largest absolute Gasteiger partial charge is 0.336 e. The standard InChI is InChI=1S/C20H31ClN4O4S/c1-15(2)23-8-5-9-25(16(3)26)19-12-18(21)7-6-17(19)14-24(11-10-23)20(27)13-22-30(4,28)29/h6-7,12,15,22H,5,8-11,13-14H2,1-4H3. The van der Waals surface area contributed by atoms with E-state index in [1.165, 1.54) is 6.92 Å². The number of anilines is 1. The van der Waals surface area contributed by atoms with Crippen LogP contribution >= 0.6 is 11.6 Å². The Balaban J connectivity index is 2.41. The van der Waals surface area contributed by atoms with Gasteiger partial charge in [0.25, 0.3) is 0 Å². The van der Waals surface area contributed by atoms with Crippen LogP contribution in [0.4, 0.5) is 5.69 Å². The quantitative estimate of drug-likeness (QED) is 0.741. The van der Waals surface area contributed by atoms with Crippen molar-refractivity contribution >= 4 is 39.1 Å². The van der Waals surface area contributed by atoms with E-state index in [1.54, 1.807) is 21.9 Å². The number of hydrogen-bond acceptors (Lipinski definition) is 5.